The van der Waals surface area contributed by atoms with Gasteiger partial charge in [0, 0.05) is 17.8 Å². The minimum absolute atomic E-state index is 0.312. The Balaban J connectivity index is 1.69. The van der Waals surface area contributed by atoms with Crippen LogP contribution < -0.4 is 0 Å². The van der Waals surface area contributed by atoms with Crippen molar-refractivity contribution in [3.63, 3.8) is 0 Å². The largest absolute Gasteiger partial charge is 0.337 e. The van der Waals surface area contributed by atoms with Gasteiger partial charge in [-0.25, -0.2) is 0 Å². The molecule has 0 radical (unpaired) electrons. The molecule has 0 aliphatic rings. The van der Waals surface area contributed by atoms with E-state index in [9.17, 15) is 4.79 Å². The van der Waals surface area contributed by atoms with E-state index in [-0.39, 0.29) is 0 Å². The van der Waals surface area contributed by atoms with Crippen LogP contribution in [-0.2, 0) is 17.8 Å². The van der Waals surface area contributed by atoms with Gasteiger partial charge >= 0.3 is 0 Å². The normalized spacial score (nSPS) is 10.9. The highest BCUT2D eigenvalue weighted by Crippen LogP contribution is 2.16. The van der Waals surface area contributed by atoms with Crippen LogP contribution in [0.2, 0.25) is 0 Å². The molecule has 2 nitrogen and oxygen atoms in total. The number of hydrogen-bond acceptors (Lipinski definition) is 2. The molecule has 2 aromatic rings. The number of carbonyl (C=O) groups is 1. The molecule has 1 heterocycles. The average molecular weight is 400 g/mol. The van der Waals surface area contributed by atoms with Crippen molar-refractivity contribution in [2.24, 2.45) is 0 Å². The van der Waals surface area contributed by atoms with Crippen molar-refractivity contribution in [3.8, 4) is 0 Å². The van der Waals surface area contributed by atoms with Crippen LogP contribution in [0.4, 0.5) is 0 Å². The van der Waals surface area contributed by atoms with E-state index in [0.29, 0.717) is 12.3 Å². The highest BCUT2D eigenvalue weighted by molar-refractivity contribution is 7.09. The van der Waals surface area contributed by atoms with E-state index in [4.69, 9.17) is 0 Å². The molecule has 0 bridgehead atoms. The van der Waals surface area contributed by atoms with Crippen molar-refractivity contribution in [1.82, 2.24) is 4.90 Å². The molecule has 0 atom stereocenters. The lowest BCUT2D eigenvalue weighted by molar-refractivity contribution is -0.131. The van der Waals surface area contributed by atoms with E-state index >= 15 is 0 Å². The molecule has 0 N–H and O–H groups in total. The van der Waals surface area contributed by atoms with Crippen LogP contribution in [0.1, 0.15) is 81.6 Å². The van der Waals surface area contributed by atoms with Gasteiger partial charge < -0.3 is 4.90 Å². The maximum Gasteiger partial charge on any atom is 0.222 e. The van der Waals surface area contributed by atoms with E-state index in [2.05, 4.69) is 53.6 Å². The van der Waals surface area contributed by atoms with Gasteiger partial charge in [-0.15, -0.1) is 11.3 Å². The van der Waals surface area contributed by atoms with Gasteiger partial charge in [0.05, 0.1) is 6.54 Å². The predicted octanol–water partition coefficient (Wildman–Crippen LogP) is 7.24. The Kier molecular flexibility index (Phi) is 11.7. The fraction of sp³-hybridized carbons (Fsp3) is 0.560. The first-order chi connectivity index (χ1) is 13.8. The van der Waals surface area contributed by atoms with Crippen LogP contribution in [0.5, 0.6) is 0 Å². The zero-order valence-electron chi connectivity index (χ0n) is 17.6. The van der Waals surface area contributed by atoms with Crippen molar-refractivity contribution in [2.75, 3.05) is 6.54 Å². The number of amides is 1. The maximum atomic E-state index is 12.8. The van der Waals surface area contributed by atoms with E-state index < -0.39 is 0 Å². The molecule has 0 fully saturated rings. The summed E-state index contributed by atoms with van der Waals surface area (Å²) >= 11 is 1.74. The summed E-state index contributed by atoms with van der Waals surface area (Å²) in [6.45, 7) is 3.82. The number of rotatable bonds is 15. The Hall–Kier alpha value is -1.61. The summed E-state index contributed by atoms with van der Waals surface area (Å²) in [5, 5.41) is 2.09. The maximum absolute atomic E-state index is 12.8. The van der Waals surface area contributed by atoms with Gasteiger partial charge in [0.2, 0.25) is 5.91 Å². The number of hydrogen-bond donors (Lipinski definition) is 0. The van der Waals surface area contributed by atoms with E-state index in [1.54, 1.807) is 11.3 Å². The molecule has 28 heavy (non-hydrogen) atoms. The second kappa shape index (κ2) is 14.4. The molecule has 0 aliphatic heterocycles. The van der Waals surface area contributed by atoms with Crippen molar-refractivity contribution in [3.05, 3.63) is 58.3 Å². The van der Waals surface area contributed by atoms with Crippen LogP contribution in [0.3, 0.4) is 0 Å². The molecule has 0 saturated carbocycles. The highest BCUT2D eigenvalue weighted by atomic mass is 32.1. The number of unbranched alkanes of at least 4 members (excludes halogenated alkanes) is 8. The Morgan fingerprint density at radius 3 is 2.18 bits per heavy atom. The molecule has 1 amide bonds. The molecule has 0 aliphatic carbocycles. The average Bonchev–Trinajstić information content (AvgIpc) is 3.23. The first kappa shape index (κ1) is 22.7. The Labute approximate surface area is 176 Å². The first-order valence-electron chi connectivity index (χ1n) is 11.1. The molecule has 0 spiro atoms. The number of carbonyl (C=O) groups excluding carboxylic acids is 1. The third-order valence-corrected chi connectivity index (χ3v) is 6.15. The fourth-order valence-electron chi connectivity index (χ4n) is 3.54. The molecule has 154 valence electrons. The van der Waals surface area contributed by atoms with Crippen LogP contribution in [0.15, 0.2) is 47.8 Å². The van der Waals surface area contributed by atoms with Gasteiger partial charge in [-0.1, -0.05) is 94.7 Å². The van der Waals surface area contributed by atoms with E-state index in [1.165, 1.54) is 61.8 Å². The van der Waals surface area contributed by atoms with Crippen LogP contribution in [0, 0.1) is 0 Å². The molecule has 1 aromatic carbocycles. The van der Waals surface area contributed by atoms with Crippen molar-refractivity contribution >= 4 is 17.2 Å². The van der Waals surface area contributed by atoms with Gasteiger partial charge in [-0.3, -0.25) is 4.79 Å². The fourth-order valence-corrected chi connectivity index (χ4v) is 4.26. The first-order valence-corrected chi connectivity index (χ1v) is 12.0. The lowest BCUT2D eigenvalue weighted by Gasteiger charge is -2.22. The second-order valence-electron chi connectivity index (χ2n) is 7.71. The molecule has 0 unspecified atom stereocenters. The van der Waals surface area contributed by atoms with Gasteiger partial charge in [-0.2, -0.15) is 0 Å². The Morgan fingerprint density at radius 2 is 1.54 bits per heavy atom. The van der Waals surface area contributed by atoms with E-state index in [1.807, 2.05) is 6.07 Å². The van der Waals surface area contributed by atoms with Gasteiger partial charge in [0.1, 0.15) is 0 Å². The van der Waals surface area contributed by atoms with Crippen LogP contribution in [0.25, 0.3) is 0 Å². The SMILES string of the molecule is CCCCCCCCCCCC(=O)N(CCc1ccccc1)Cc1cccs1. The minimum Gasteiger partial charge on any atom is -0.337 e. The summed E-state index contributed by atoms with van der Waals surface area (Å²) < 4.78 is 0. The van der Waals surface area contributed by atoms with E-state index in [0.717, 1.165) is 25.9 Å². The molecule has 0 saturated heterocycles. The minimum atomic E-state index is 0.312. The van der Waals surface area contributed by atoms with Crippen molar-refractivity contribution in [1.29, 1.82) is 0 Å². The van der Waals surface area contributed by atoms with Gasteiger partial charge in [0.25, 0.3) is 0 Å². The number of benzene rings is 1. The lowest BCUT2D eigenvalue weighted by Crippen LogP contribution is -2.32. The van der Waals surface area contributed by atoms with Crippen LogP contribution in [-0.4, -0.2) is 17.4 Å². The molecular weight excluding hydrogens is 362 g/mol. The van der Waals surface area contributed by atoms with Gasteiger partial charge in [0.15, 0.2) is 0 Å². The molecule has 2 rings (SSSR count). The number of nitrogens with zero attached hydrogens (tertiary/aromatic N) is 1. The summed E-state index contributed by atoms with van der Waals surface area (Å²) in [5.41, 5.74) is 1.30. The molecular formula is C25H37NOS. The molecule has 3 heteroatoms. The standard InChI is InChI=1S/C25H37NOS/c1-2-3-4-5-6-7-8-9-13-18-25(27)26(22-24-17-14-21-28-24)20-19-23-15-11-10-12-16-23/h10-12,14-17,21H,2-9,13,18-20,22H2,1H3. The Morgan fingerprint density at radius 1 is 0.857 bits per heavy atom. The third-order valence-electron chi connectivity index (χ3n) is 5.29. The summed E-state index contributed by atoms with van der Waals surface area (Å²) in [6, 6.07) is 14.7. The lowest BCUT2D eigenvalue weighted by atomic mass is 10.1. The summed E-state index contributed by atoms with van der Waals surface area (Å²) in [4.78, 5) is 16.2. The monoisotopic (exact) mass is 399 g/mol. The topological polar surface area (TPSA) is 20.3 Å². The zero-order valence-corrected chi connectivity index (χ0v) is 18.4. The second-order valence-corrected chi connectivity index (χ2v) is 8.74. The number of thiophene rings is 1. The van der Waals surface area contributed by atoms with Crippen molar-refractivity contribution in [2.45, 2.75) is 84.1 Å². The Bertz CT molecular complexity index is 623. The van der Waals surface area contributed by atoms with Crippen LogP contribution >= 0.6 is 11.3 Å². The predicted molar refractivity (Wildman–Crippen MR) is 122 cm³/mol. The summed E-state index contributed by atoms with van der Waals surface area (Å²) in [7, 11) is 0. The quantitative estimate of drug-likeness (QED) is 0.289. The molecule has 1 aromatic heterocycles. The van der Waals surface area contributed by atoms with Crippen molar-refractivity contribution < 1.29 is 4.79 Å². The summed E-state index contributed by atoms with van der Waals surface area (Å²) in [5.74, 6) is 0.312. The van der Waals surface area contributed by atoms with Gasteiger partial charge in [-0.05, 0) is 29.9 Å². The zero-order chi connectivity index (χ0) is 19.9. The smallest absolute Gasteiger partial charge is 0.222 e. The summed E-state index contributed by atoms with van der Waals surface area (Å²) in [6.07, 6.45) is 13.2. The highest BCUT2D eigenvalue weighted by Gasteiger charge is 2.14. The third kappa shape index (κ3) is 9.54.